The van der Waals surface area contributed by atoms with Gasteiger partial charge in [-0.25, -0.2) is 4.79 Å². The number of rotatable bonds is 2. The van der Waals surface area contributed by atoms with Crippen LogP contribution in [0.4, 0.5) is 4.79 Å². The van der Waals surface area contributed by atoms with Gasteiger partial charge in [-0.2, -0.15) is 0 Å². The van der Waals surface area contributed by atoms with Crippen LogP contribution in [0.15, 0.2) is 0 Å². The summed E-state index contributed by atoms with van der Waals surface area (Å²) in [4.78, 5) is 11.4. The van der Waals surface area contributed by atoms with Crippen molar-refractivity contribution in [3.8, 4) is 0 Å². The van der Waals surface area contributed by atoms with Gasteiger partial charge >= 0.3 is 6.09 Å². The SMILES string of the molecule is CC(C)(C)OC(=O)NCC1COCC2CC12. The fourth-order valence-electron chi connectivity index (χ4n) is 2.27. The number of hydrogen-bond donors (Lipinski definition) is 1. The topological polar surface area (TPSA) is 47.6 Å². The maximum atomic E-state index is 11.4. The molecular weight excluding hydrogens is 206 g/mol. The van der Waals surface area contributed by atoms with Crippen molar-refractivity contribution in [1.29, 1.82) is 0 Å². The predicted octanol–water partition coefficient (Wildman–Crippen LogP) is 1.79. The molecule has 2 aliphatic rings. The number of ether oxygens (including phenoxy) is 2. The van der Waals surface area contributed by atoms with Crippen LogP contribution in [0.2, 0.25) is 0 Å². The lowest BCUT2D eigenvalue weighted by molar-refractivity contribution is 0.0363. The number of fused-ring (bicyclic) bond motifs is 1. The molecular formula is C12H21NO3. The minimum atomic E-state index is -0.421. The van der Waals surface area contributed by atoms with E-state index in [1.54, 1.807) is 0 Å². The molecule has 1 amide bonds. The number of hydrogen-bond acceptors (Lipinski definition) is 3. The zero-order chi connectivity index (χ0) is 11.8. The third-order valence-corrected chi connectivity index (χ3v) is 3.15. The molecule has 4 nitrogen and oxygen atoms in total. The van der Waals surface area contributed by atoms with Gasteiger partial charge in [-0.1, -0.05) is 0 Å². The second kappa shape index (κ2) is 4.24. The molecule has 1 aliphatic heterocycles. The smallest absolute Gasteiger partial charge is 0.407 e. The highest BCUT2D eigenvalue weighted by molar-refractivity contribution is 5.67. The molecule has 2 rings (SSSR count). The van der Waals surface area contributed by atoms with E-state index in [9.17, 15) is 4.79 Å². The van der Waals surface area contributed by atoms with E-state index in [0.717, 1.165) is 25.0 Å². The lowest BCUT2D eigenvalue weighted by Crippen LogP contribution is -2.38. The van der Waals surface area contributed by atoms with Crippen LogP contribution in [-0.2, 0) is 9.47 Å². The molecule has 3 atom stereocenters. The molecule has 0 bridgehead atoms. The number of amides is 1. The molecule has 2 fully saturated rings. The van der Waals surface area contributed by atoms with Gasteiger partial charge in [-0.3, -0.25) is 0 Å². The van der Waals surface area contributed by atoms with Crippen molar-refractivity contribution in [2.24, 2.45) is 17.8 Å². The third-order valence-electron chi connectivity index (χ3n) is 3.15. The van der Waals surface area contributed by atoms with E-state index in [1.165, 1.54) is 6.42 Å². The lowest BCUT2D eigenvalue weighted by atomic mass is 10.0. The van der Waals surface area contributed by atoms with Crippen molar-refractivity contribution in [3.63, 3.8) is 0 Å². The summed E-state index contributed by atoms with van der Waals surface area (Å²) in [5.74, 6) is 1.99. The summed E-state index contributed by atoms with van der Waals surface area (Å²) in [7, 11) is 0. The number of carbonyl (C=O) groups excluding carboxylic acids is 1. The second-order valence-electron chi connectivity index (χ2n) is 5.84. The van der Waals surface area contributed by atoms with Crippen LogP contribution in [0.25, 0.3) is 0 Å². The van der Waals surface area contributed by atoms with E-state index < -0.39 is 5.60 Å². The highest BCUT2D eigenvalue weighted by Gasteiger charge is 2.45. The fraction of sp³-hybridized carbons (Fsp3) is 0.917. The maximum Gasteiger partial charge on any atom is 0.407 e. The Hall–Kier alpha value is -0.770. The Labute approximate surface area is 96.7 Å². The van der Waals surface area contributed by atoms with E-state index in [1.807, 2.05) is 20.8 Å². The van der Waals surface area contributed by atoms with E-state index >= 15 is 0 Å². The van der Waals surface area contributed by atoms with Crippen molar-refractivity contribution < 1.29 is 14.3 Å². The first kappa shape index (κ1) is 11.7. The molecule has 0 spiro atoms. The zero-order valence-electron chi connectivity index (χ0n) is 10.3. The molecule has 0 aromatic carbocycles. The molecule has 0 radical (unpaired) electrons. The normalized spacial score (nSPS) is 32.8. The molecule has 0 aromatic heterocycles. The van der Waals surface area contributed by atoms with Gasteiger partial charge in [0.25, 0.3) is 0 Å². The Kier molecular flexibility index (Phi) is 3.10. The van der Waals surface area contributed by atoms with Gasteiger partial charge in [0.15, 0.2) is 0 Å². The van der Waals surface area contributed by atoms with Crippen LogP contribution in [0.1, 0.15) is 27.2 Å². The highest BCUT2D eigenvalue weighted by Crippen LogP contribution is 2.47. The molecule has 1 saturated heterocycles. The van der Waals surface area contributed by atoms with Gasteiger partial charge in [0, 0.05) is 19.1 Å². The van der Waals surface area contributed by atoms with Crippen LogP contribution < -0.4 is 5.32 Å². The van der Waals surface area contributed by atoms with Crippen LogP contribution in [-0.4, -0.2) is 31.5 Å². The predicted molar refractivity (Wildman–Crippen MR) is 60.1 cm³/mol. The average molecular weight is 227 g/mol. The number of carbonyl (C=O) groups is 1. The number of alkyl carbamates (subject to hydrolysis) is 1. The minimum absolute atomic E-state index is 0.324. The molecule has 92 valence electrons. The lowest BCUT2D eigenvalue weighted by Gasteiger charge is -2.24. The average Bonchev–Trinajstić information content (AvgIpc) is 2.90. The minimum Gasteiger partial charge on any atom is -0.444 e. The summed E-state index contributed by atoms with van der Waals surface area (Å²) in [6, 6.07) is 0. The van der Waals surface area contributed by atoms with E-state index in [-0.39, 0.29) is 6.09 Å². The molecule has 0 aromatic rings. The highest BCUT2D eigenvalue weighted by atomic mass is 16.6. The molecule has 1 heterocycles. The zero-order valence-corrected chi connectivity index (χ0v) is 10.3. The molecule has 1 N–H and O–H groups in total. The first-order valence-corrected chi connectivity index (χ1v) is 6.00. The fourth-order valence-corrected chi connectivity index (χ4v) is 2.27. The van der Waals surface area contributed by atoms with Crippen molar-refractivity contribution in [3.05, 3.63) is 0 Å². The summed E-state index contributed by atoms with van der Waals surface area (Å²) >= 11 is 0. The van der Waals surface area contributed by atoms with E-state index in [0.29, 0.717) is 12.5 Å². The van der Waals surface area contributed by atoms with Gasteiger partial charge in [0.2, 0.25) is 0 Å². The van der Waals surface area contributed by atoms with Gasteiger partial charge in [0.1, 0.15) is 5.60 Å². The quantitative estimate of drug-likeness (QED) is 0.782. The second-order valence-corrected chi connectivity index (χ2v) is 5.84. The monoisotopic (exact) mass is 227 g/mol. The Balaban J connectivity index is 1.69. The molecule has 16 heavy (non-hydrogen) atoms. The van der Waals surface area contributed by atoms with Crippen LogP contribution in [0, 0.1) is 17.8 Å². The van der Waals surface area contributed by atoms with Gasteiger partial charge in [0.05, 0.1) is 6.61 Å². The Morgan fingerprint density at radius 3 is 2.88 bits per heavy atom. The summed E-state index contributed by atoms with van der Waals surface area (Å²) in [6.07, 6.45) is 0.941. The molecule has 1 saturated carbocycles. The third kappa shape index (κ3) is 3.11. The standard InChI is InChI=1S/C12H21NO3/c1-12(2,3)16-11(14)13-5-9-7-15-6-8-4-10(8)9/h8-10H,4-7H2,1-3H3,(H,13,14). The Bertz CT molecular complexity index is 272. The first-order valence-electron chi connectivity index (χ1n) is 6.00. The molecule has 1 aliphatic carbocycles. The van der Waals surface area contributed by atoms with E-state index in [2.05, 4.69) is 5.32 Å². The van der Waals surface area contributed by atoms with Crippen LogP contribution >= 0.6 is 0 Å². The molecule has 3 unspecified atom stereocenters. The summed E-state index contributed by atoms with van der Waals surface area (Å²) in [5, 5.41) is 2.82. The van der Waals surface area contributed by atoms with Gasteiger partial charge < -0.3 is 14.8 Å². The van der Waals surface area contributed by atoms with Crippen molar-refractivity contribution in [2.45, 2.75) is 32.8 Å². The Morgan fingerprint density at radius 1 is 1.44 bits per heavy atom. The van der Waals surface area contributed by atoms with Crippen molar-refractivity contribution in [1.82, 2.24) is 5.32 Å². The largest absolute Gasteiger partial charge is 0.444 e. The summed E-state index contributed by atoms with van der Waals surface area (Å²) in [5.41, 5.74) is -0.421. The van der Waals surface area contributed by atoms with Crippen LogP contribution in [0.5, 0.6) is 0 Å². The van der Waals surface area contributed by atoms with Crippen LogP contribution in [0.3, 0.4) is 0 Å². The number of nitrogens with one attached hydrogen (secondary N) is 1. The first-order chi connectivity index (χ1) is 7.46. The summed E-state index contributed by atoms with van der Waals surface area (Å²) in [6.45, 7) is 7.97. The van der Waals surface area contributed by atoms with Gasteiger partial charge in [-0.05, 0) is 39.0 Å². The van der Waals surface area contributed by atoms with Crippen molar-refractivity contribution in [2.75, 3.05) is 19.8 Å². The summed E-state index contributed by atoms with van der Waals surface area (Å²) < 4.78 is 10.7. The van der Waals surface area contributed by atoms with Gasteiger partial charge in [-0.15, -0.1) is 0 Å². The van der Waals surface area contributed by atoms with E-state index in [4.69, 9.17) is 9.47 Å². The maximum absolute atomic E-state index is 11.4. The molecule has 4 heteroatoms. The Morgan fingerprint density at radius 2 is 2.19 bits per heavy atom. The van der Waals surface area contributed by atoms with Crippen molar-refractivity contribution >= 4 is 6.09 Å².